The topological polar surface area (TPSA) is 56.1 Å². The summed E-state index contributed by atoms with van der Waals surface area (Å²) in [6, 6.07) is 9.40. The number of carbonyl (C=O) groups is 1. The molecule has 1 amide bonds. The number of benzene rings is 1. The number of likely N-dealkylation sites (tertiary alicyclic amines) is 1. The van der Waals surface area contributed by atoms with Crippen LogP contribution in [-0.4, -0.2) is 29.9 Å². The number of nitriles is 1. The fourth-order valence-corrected chi connectivity index (χ4v) is 1.98. The second-order valence-electron chi connectivity index (χ2n) is 4.20. The maximum Gasteiger partial charge on any atom is 0.251 e. The van der Waals surface area contributed by atoms with Gasteiger partial charge in [-0.15, -0.1) is 0 Å². The van der Waals surface area contributed by atoms with Crippen molar-refractivity contribution in [2.75, 3.05) is 13.1 Å². The van der Waals surface area contributed by atoms with Gasteiger partial charge >= 0.3 is 0 Å². The van der Waals surface area contributed by atoms with E-state index in [9.17, 15) is 4.79 Å². The Bertz CT molecular complexity index is 416. The molecular weight excluding hydrogens is 214 g/mol. The van der Waals surface area contributed by atoms with Gasteiger partial charge in [-0.1, -0.05) is 18.2 Å². The van der Waals surface area contributed by atoms with Crippen molar-refractivity contribution in [2.24, 2.45) is 0 Å². The van der Waals surface area contributed by atoms with Gasteiger partial charge in [0.15, 0.2) is 6.19 Å². The van der Waals surface area contributed by atoms with E-state index in [1.54, 1.807) is 17.0 Å². The average Bonchev–Trinajstić information content (AvgIpc) is 2.40. The van der Waals surface area contributed by atoms with Crippen molar-refractivity contribution in [3.63, 3.8) is 0 Å². The van der Waals surface area contributed by atoms with Crippen molar-refractivity contribution < 1.29 is 4.79 Å². The van der Waals surface area contributed by atoms with Gasteiger partial charge in [0.05, 0.1) is 0 Å². The Hall–Kier alpha value is -2.02. The van der Waals surface area contributed by atoms with Crippen molar-refractivity contribution in [1.82, 2.24) is 10.2 Å². The summed E-state index contributed by atoms with van der Waals surface area (Å²) in [5.41, 5.74) is 0.690. The molecule has 1 aromatic carbocycles. The first-order valence-corrected chi connectivity index (χ1v) is 5.80. The third-order valence-electron chi connectivity index (χ3n) is 3.01. The fourth-order valence-electron chi connectivity index (χ4n) is 1.98. The highest BCUT2D eigenvalue weighted by Crippen LogP contribution is 2.10. The Labute approximate surface area is 101 Å². The molecule has 0 saturated carbocycles. The molecular formula is C13H15N3O. The van der Waals surface area contributed by atoms with Crippen LogP contribution in [0.4, 0.5) is 0 Å². The van der Waals surface area contributed by atoms with E-state index in [1.165, 1.54) is 0 Å². The van der Waals surface area contributed by atoms with Gasteiger partial charge in [-0.25, -0.2) is 0 Å². The predicted octanol–water partition coefficient (Wildman–Crippen LogP) is 1.36. The zero-order valence-corrected chi connectivity index (χ0v) is 9.60. The SMILES string of the molecule is N#CN1CCC(NC(=O)c2ccccc2)CC1. The van der Waals surface area contributed by atoms with Crippen LogP contribution in [-0.2, 0) is 0 Å². The van der Waals surface area contributed by atoms with Gasteiger partial charge < -0.3 is 10.2 Å². The molecule has 1 aliphatic heterocycles. The number of nitrogens with zero attached hydrogens (tertiary/aromatic N) is 2. The predicted molar refractivity (Wildman–Crippen MR) is 64.1 cm³/mol. The standard InChI is InChI=1S/C13H15N3O/c14-10-16-8-6-12(7-9-16)15-13(17)11-4-2-1-3-5-11/h1-5,12H,6-9H2,(H,15,17). The molecule has 1 fully saturated rings. The molecule has 0 unspecified atom stereocenters. The molecule has 1 heterocycles. The van der Waals surface area contributed by atoms with Crippen molar-refractivity contribution in [2.45, 2.75) is 18.9 Å². The summed E-state index contributed by atoms with van der Waals surface area (Å²) in [7, 11) is 0. The van der Waals surface area contributed by atoms with Crippen molar-refractivity contribution in [1.29, 1.82) is 5.26 Å². The van der Waals surface area contributed by atoms with E-state index in [-0.39, 0.29) is 11.9 Å². The van der Waals surface area contributed by atoms with Crippen LogP contribution < -0.4 is 5.32 Å². The first-order valence-electron chi connectivity index (χ1n) is 5.80. The highest BCUT2D eigenvalue weighted by Gasteiger charge is 2.20. The first kappa shape index (κ1) is 11.5. The zero-order valence-electron chi connectivity index (χ0n) is 9.60. The highest BCUT2D eigenvalue weighted by molar-refractivity contribution is 5.94. The van der Waals surface area contributed by atoms with Crippen LogP contribution in [0.15, 0.2) is 30.3 Å². The Morgan fingerprint density at radius 2 is 1.94 bits per heavy atom. The van der Waals surface area contributed by atoms with E-state index in [1.807, 2.05) is 18.2 Å². The van der Waals surface area contributed by atoms with E-state index in [4.69, 9.17) is 5.26 Å². The van der Waals surface area contributed by atoms with Crippen LogP contribution in [0.5, 0.6) is 0 Å². The Morgan fingerprint density at radius 3 is 2.53 bits per heavy atom. The molecule has 1 saturated heterocycles. The summed E-state index contributed by atoms with van der Waals surface area (Å²) in [6.45, 7) is 1.46. The lowest BCUT2D eigenvalue weighted by molar-refractivity contribution is 0.0921. The molecule has 1 N–H and O–H groups in total. The van der Waals surface area contributed by atoms with E-state index in [2.05, 4.69) is 11.5 Å². The number of piperidine rings is 1. The monoisotopic (exact) mass is 229 g/mol. The van der Waals surface area contributed by atoms with Crippen LogP contribution in [0, 0.1) is 11.5 Å². The van der Waals surface area contributed by atoms with Crippen molar-refractivity contribution >= 4 is 5.91 Å². The molecule has 0 spiro atoms. The third kappa shape index (κ3) is 2.97. The van der Waals surface area contributed by atoms with Gasteiger partial charge in [-0.05, 0) is 25.0 Å². The molecule has 0 atom stereocenters. The molecule has 0 radical (unpaired) electrons. The van der Waals surface area contributed by atoms with Crippen LogP contribution in [0.25, 0.3) is 0 Å². The minimum Gasteiger partial charge on any atom is -0.349 e. The van der Waals surface area contributed by atoms with Crippen molar-refractivity contribution in [3.05, 3.63) is 35.9 Å². The molecule has 0 aromatic heterocycles. The average molecular weight is 229 g/mol. The van der Waals surface area contributed by atoms with E-state index >= 15 is 0 Å². The third-order valence-corrected chi connectivity index (χ3v) is 3.01. The Balaban J connectivity index is 1.87. The Morgan fingerprint density at radius 1 is 1.29 bits per heavy atom. The lowest BCUT2D eigenvalue weighted by Gasteiger charge is -2.28. The zero-order chi connectivity index (χ0) is 12.1. The number of carbonyl (C=O) groups excluding carboxylic acids is 1. The summed E-state index contributed by atoms with van der Waals surface area (Å²) in [5, 5.41) is 11.7. The van der Waals surface area contributed by atoms with Crippen LogP contribution >= 0.6 is 0 Å². The van der Waals surface area contributed by atoms with Gasteiger partial charge in [0, 0.05) is 24.7 Å². The molecule has 2 rings (SSSR count). The number of rotatable bonds is 2. The van der Waals surface area contributed by atoms with E-state index < -0.39 is 0 Å². The first-order chi connectivity index (χ1) is 8.29. The molecule has 17 heavy (non-hydrogen) atoms. The second kappa shape index (κ2) is 5.35. The van der Waals surface area contributed by atoms with Crippen LogP contribution in [0.2, 0.25) is 0 Å². The van der Waals surface area contributed by atoms with Gasteiger partial charge in [-0.2, -0.15) is 5.26 Å². The number of hydrogen-bond donors (Lipinski definition) is 1. The van der Waals surface area contributed by atoms with E-state index in [0.29, 0.717) is 5.56 Å². The van der Waals surface area contributed by atoms with Crippen LogP contribution in [0.1, 0.15) is 23.2 Å². The molecule has 1 aromatic rings. The number of hydrogen-bond acceptors (Lipinski definition) is 3. The lowest BCUT2D eigenvalue weighted by atomic mass is 10.0. The maximum absolute atomic E-state index is 11.9. The molecule has 0 aliphatic carbocycles. The minimum absolute atomic E-state index is 0.0268. The highest BCUT2D eigenvalue weighted by atomic mass is 16.1. The number of amides is 1. The van der Waals surface area contributed by atoms with Gasteiger partial charge in [-0.3, -0.25) is 4.79 Å². The molecule has 88 valence electrons. The fraction of sp³-hybridized carbons (Fsp3) is 0.385. The molecule has 0 bridgehead atoms. The molecule has 1 aliphatic rings. The smallest absolute Gasteiger partial charge is 0.251 e. The molecule has 4 heteroatoms. The number of nitrogens with one attached hydrogen (secondary N) is 1. The van der Waals surface area contributed by atoms with E-state index in [0.717, 1.165) is 25.9 Å². The van der Waals surface area contributed by atoms with Gasteiger partial charge in [0.1, 0.15) is 0 Å². The summed E-state index contributed by atoms with van der Waals surface area (Å²) in [5.74, 6) is -0.0268. The summed E-state index contributed by atoms with van der Waals surface area (Å²) < 4.78 is 0. The maximum atomic E-state index is 11.9. The van der Waals surface area contributed by atoms with Crippen LogP contribution in [0.3, 0.4) is 0 Å². The summed E-state index contributed by atoms with van der Waals surface area (Å²) >= 11 is 0. The lowest BCUT2D eigenvalue weighted by Crippen LogP contribution is -2.43. The van der Waals surface area contributed by atoms with Gasteiger partial charge in [0.2, 0.25) is 0 Å². The summed E-state index contributed by atoms with van der Waals surface area (Å²) in [4.78, 5) is 13.6. The second-order valence-corrected chi connectivity index (χ2v) is 4.20. The molecule has 4 nitrogen and oxygen atoms in total. The summed E-state index contributed by atoms with van der Waals surface area (Å²) in [6.07, 6.45) is 3.81. The quantitative estimate of drug-likeness (QED) is 0.779. The Kier molecular flexibility index (Phi) is 3.61. The van der Waals surface area contributed by atoms with Gasteiger partial charge in [0.25, 0.3) is 5.91 Å². The van der Waals surface area contributed by atoms with Crippen molar-refractivity contribution in [3.8, 4) is 6.19 Å². The largest absolute Gasteiger partial charge is 0.349 e. The normalized spacial score (nSPS) is 16.3. The minimum atomic E-state index is -0.0268.